The first kappa shape index (κ1) is 3.90. The van der Waals surface area contributed by atoms with Crippen molar-refractivity contribution < 1.29 is 0 Å². The average Bonchev–Trinajstić information content (AvgIpc) is 1.20. The van der Waals surface area contributed by atoms with Crippen LogP contribution in [-0.2, 0) is 0 Å². The van der Waals surface area contributed by atoms with Gasteiger partial charge in [0.15, 0.2) is 0 Å². The first-order valence-electron chi connectivity index (χ1n) is 2.83. The zero-order valence-corrected chi connectivity index (χ0v) is 4.28. The molecule has 1 nitrogen and oxygen atoms in total. The van der Waals surface area contributed by atoms with Gasteiger partial charge in [-0.25, -0.2) is 0 Å². The highest BCUT2D eigenvalue weighted by molar-refractivity contribution is 5.16. The van der Waals surface area contributed by atoms with Crippen LogP contribution in [0.5, 0.6) is 0 Å². The molecule has 0 aromatic heterocycles. The quantitative estimate of drug-likeness (QED) is 0.468. The zero-order valence-electron chi connectivity index (χ0n) is 4.28. The van der Waals surface area contributed by atoms with Gasteiger partial charge in [-0.1, -0.05) is 0 Å². The van der Waals surface area contributed by atoms with Crippen LogP contribution in [0.15, 0.2) is 0 Å². The molecule has 1 heterocycles. The minimum absolute atomic E-state index is 0.583. The Morgan fingerprint density at radius 3 is 2.29 bits per heavy atom. The lowest BCUT2D eigenvalue weighted by Crippen LogP contribution is -2.53. The van der Waals surface area contributed by atoms with E-state index in [1.54, 1.807) is 0 Å². The standard InChI is InChI=1S/C6H9N/c1-2-6(3-1)4-7-5-6/h2,4,7H,1,3,5H2. The van der Waals surface area contributed by atoms with E-state index in [1.807, 2.05) is 0 Å². The minimum Gasteiger partial charge on any atom is -0.311 e. The Balaban J connectivity index is 2.00. The Bertz CT molecular complexity index is 64.7. The van der Waals surface area contributed by atoms with Crippen LogP contribution in [0.25, 0.3) is 0 Å². The van der Waals surface area contributed by atoms with Gasteiger partial charge >= 0.3 is 0 Å². The van der Waals surface area contributed by atoms with Gasteiger partial charge in [-0.05, 0) is 19.3 Å². The maximum Gasteiger partial charge on any atom is 0.0298 e. The molecule has 1 aliphatic heterocycles. The Labute approximate surface area is 44.1 Å². The van der Waals surface area contributed by atoms with Crippen LogP contribution in [0.2, 0.25) is 0 Å². The van der Waals surface area contributed by atoms with E-state index in [4.69, 9.17) is 0 Å². The van der Waals surface area contributed by atoms with E-state index in [2.05, 4.69) is 18.3 Å². The first-order valence-corrected chi connectivity index (χ1v) is 2.83. The second-order valence-electron chi connectivity index (χ2n) is 2.50. The largest absolute Gasteiger partial charge is 0.311 e. The van der Waals surface area contributed by atoms with E-state index >= 15 is 0 Å². The number of hydrogen-bond acceptors (Lipinski definition) is 1. The van der Waals surface area contributed by atoms with Gasteiger partial charge in [0.25, 0.3) is 0 Å². The molecule has 1 saturated heterocycles. The van der Waals surface area contributed by atoms with E-state index in [-0.39, 0.29) is 0 Å². The predicted molar refractivity (Wildman–Crippen MR) is 28.3 cm³/mol. The summed E-state index contributed by atoms with van der Waals surface area (Å²) < 4.78 is 0. The first-order chi connectivity index (χ1) is 3.41. The third-order valence-corrected chi connectivity index (χ3v) is 1.98. The molecule has 1 heteroatoms. The van der Waals surface area contributed by atoms with Gasteiger partial charge < -0.3 is 5.32 Å². The topological polar surface area (TPSA) is 12.0 Å². The molecule has 7 heavy (non-hydrogen) atoms. The van der Waals surface area contributed by atoms with Crippen LogP contribution in [-0.4, -0.2) is 6.54 Å². The maximum atomic E-state index is 3.15. The third kappa shape index (κ3) is 0.367. The lowest BCUT2D eigenvalue weighted by Gasteiger charge is -2.49. The van der Waals surface area contributed by atoms with Gasteiger partial charge in [0.2, 0.25) is 0 Å². The van der Waals surface area contributed by atoms with Crippen LogP contribution in [0.3, 0.4) is 0 Å². The molecule has 0 amide bonds. The summed E-state index contributed by atoms with van der Waals surface area (Å²) in [6, 6.07) is 0. The van der Waals surface area contributed by atoms with E-state index in [0.717, 1.165) is 0 Å². The van der Waals surface area contributed by atoms with Crippen molar-refractivity contribution in [2.24, 2.45) is 5.41 Å². The molecule has 1 N–H and O–H groups in total. The molecular weight excluding hydrogens is 86.1 g/mol. The van der Waals surface area contributed by atoms with Crippen LogP contribution in [0.4, 0.5) is 0 Å². The fourth-order valence-corrected chi connectivity index (χ4v) is 1.17. The normalized spacial score (nSPS) is 34.3. The SMILES string of the molecule is [CH]1CCC12[CH]NC2. The van der Waals surface area contributed by atoms with Crippen molar-refractivity contribution in [3.63, 3.8) is 0 Å². The molecule has 2 aliphatic rings. The zero-order chi connectivity index (χ0) is 4.74. The molecule has 1 unspecified atom stereocenters. The molecule has 2 radical (unpaired) electrons. The van der Waals surface area contributed by atoms with Crippen molar-refractivity contribution in [2.45, 2.75) is 12.8 Å². The van der Waals surface area contributed by atoms with Crippen molar-refractivity contribution in [3.8, 4) is 0 Å². The van der Waals surface area contributed by atoms with Crippen molar-refractivity contribution in [1.82, 2.24) is 5.32 Å². The minimum atomic E-state index is 0.583. The van der Waals surface area contributed by atoms with Gasteiger partial charge in [0, 0.05) is 18.5 Å². The van der Waals surface area contributed by atoms with Gasteiger partial charge in [0.05, 0.1) is 0 Å². The molecule has 0 aromatic rings. The molecular formula is C6H9N. The van der Waals surface area contributed by atoms with E-state index in [9.17, 15) is 0 Å². The summed E-state index contributed by atoms with van der Waals surface area (Å²) in [5.41, 5.74) is 0.583. The fraction of sp³-hybridized carbons (Fsp3) is 0.667. The molecule has 1 aliphatic carbocycles. The summed E-state index contributed by atoms with van der Waals surface area (Å²) >= 11 is 0. The Kier molecular flexibility index (Phi) is 0.571. The van der Waals surface area contributed by atoms with E-state index in [0.29, 0.717) is 5.41 Å². The van der Waals surface area contributed by atoms with E-state index in [1.165, 1.54) is 19.4 Å². The van der Waals surface area contributed by atoms with Crippen molar-refractivity contribution in [1.29, 1.82) is 0 Å². The van der Waals surface area contributed by atoms with Crippen LogP contribution in [0.1, 0.15) is 12.8 Å². The highest BCUT2D eigenvalue weighted by Crippen LogP contribution is 2.45. The molecule has 1 atom stereocenters. The molecule has 0 bridgehead atoms. The lowest BCUT2D eigenvalue weighted by atomic mass is 9.65. The molecule has 0 aromatic carbocycles. The van der Waals surface area contributed by atoms with E-state index < -0.39 is 0 Å². The van der Waals surface area contributed by atoms with Gasteiger partial charge in [-0.15, -0.1) is 0 Å². The molecule has 1 saturated carbocycles. The van der Waals surface area contributed by atoms with Crippen molar-refractivity contribution in [2.75, 3.05) is 6.54 Å². The summed E-state index contributed by atoms with van der Waals surface area (Å²) in [5, 5.41) is 3.15. The summed E-state index contributed by atoms with van der Waals surface area (Å²) in [7, 11) is 0. The summed E-state index contributed by atoms with van der Waals surface area (Å²) in [6.07, 6.45) is 5.11. The molecule has 38 valence electrons. The fourth-order valence-electron chi connectivity index (χ4n) is 1.17. The molecule has 2 fully saturated rings. The van der Waals surface area contributed by atoms with Crippen LogP contribution in [0, 0.1) is 18.4 Å². The highest BCUT2D eigenvalue weighted by Gasteiger charge is 2.42. The van der Waals surface area contributed by atoms with Gasteiger partial charge in [0.1, 0.15) is 0 Å². The third-order valence-electron chi connectivity index (χ3n) is 1.98. The Hall–Kier alpha value is -0.0400. The number of hydrogen-bond donors (Lipinski definition) is 1. The number of nitrogens with one attached hydrogen (secondary N) is 1. The second-order valence-corrected chi connectivity index (χ2v) is 2.50. The highest BCUT2D eigenvalue weighted by atomic mass is 15.0. The summed E-state index contributed by atoms with van der Waals surface area (Å²) in [6.45, 7) is 3.41. The molecule has 1 spiro atoms. The van der Waals surface area contributed by atoms with Crippen molar-refractivity contribution in [3.05, 3.63) is 13.0 Å². The van der Waals surface area contributed by atoms with Crippen molar-refractivity contribution >= 4 is 0 Å². The lowest BCUT2D eigenvalue weighted by molar-refractivity contribution is 0.187. The summed E-state index contributed by atoms with van der Waals surface area (Å²) in [5.74, 6) is 0. The van der Waals surface area contributed by atoms with Crippen LogP contribution < -0.4 is 5.32 Å². The maximum absolute atomic E-state index is 3.15. The second kappa shape index (κ2) is 1.03. The smallest absolute Gasteiger partial charge is 0.0298 e. The average molecular weight is 95.1 g/mol. The predicted octanol–water partition coefficient (Wildman–Crippen LogP) is 0.736. The summed E-state index contributed by atoms with van der Waals surface area (Å²) in [4.78, 5) is 0. The van der Waals surface area contributed by atoms with Crippen LogP contribution >= 0.6 is 0 Å². The van der Waals surface area contributed by atoms with Gasteiger partial charge in [-0.3, -0.25) is 0 Å². The Morgan fingerprint density at radius 1 is 1.57 bits per heavy atom. The number of rotatable bonds is 0. The monoisotopic (exact) mass is 95.1 g/mol. The molecule has 2 rings (SSSR count). The van der Waals surface area contributed by atoms with Gasteiger partial charge in [-0.2, -0.15) is 0 Å². The Morgan fingerprint density at radius 2 is 2.29 bits per heavy atom.